The van der Waals surface area contributed by atoms with Gasteiger partial charge in [0.1, 0.15) is 5.82 Å². The summed E-state index contributed by atoms with van der Waals surface area (Å²) < 4.78 is 14.8. The van der Waals surface area contributed by atoms with Crippen molar-refractivity contribution >= 4 is 37.5 Å². The van der Waals surface area contributed by atoms with Gasteiger partial charge in [-0.15, -0.1) is 0 Å². The highest BCUT2D eigenvalue weighted by molar-refractivity contribution is 9.10. The quantitative estimate of drug-likeness (QED) is 0.773. The Kier molecular flexibility index (Phi) is 4.40. The minimum absolute atomic E-state index is 0.234. The van der Waals surface area contributed by atoms with Gasteiger partial charge in [0, 0.05) is 21.2 Å². The van der Waals surface area contributed by atoms with Gasteiger partial charge >= 0.3 is 0 Å². The van der Waals surface area contributed by atoms with Crippen molar-refractivity contribution in [2.45, 2.75) is 13.5 Å². The molecule has 0 aromatic heterocycles. The average molecular weight is 373 g/mol. The second-order valence-corrected chi connectivity index (χ2v) is 5.78. The van der Waals surface area contributed by atoms with Crippen LogP contribution < -0.4 is 5.32 Å². The number of halogens is 3. The van der Waals surface area contributed by atoms with Crippen LogP contribution in [0.3, 0.4) is 0 Å². The van der Waals surface area contributed by atoms with Gasteiger partial charge in [-0.3, -0.25) is 0 Å². The van der Waals surface area contributed by atoms with E-state index in [0.29, 0.717) is 6.54 Å². The molecule has 0 radical (unpaired) electrons. The average Bonchev–Trinajstić information content (AvgIpc) is 2.30. The molecule has 0 aliphatic rings. The van der Waals surface area contributed by atoms with Crippen molar-refractivity contribution in [3.63, 3.8) is 0 Å². The Morgan fingerprint density at radius 2 is 1.83 bits per heavy atom. The lowest BCUT2D eigenvalue weighted by Gasteiger charge is -2.10. The summed E-state index contributed by atoms with van der Waals surface area (Å²) in [6.45, 7) is 2.69. The zero-order chi connectivity index (χ0) is 13.1. The fourth-order valence-electron chi connectivity index (χ4n) is 1.62. The number of anilines is 1. The van der Waals surface area contributed by atoms with Gasteiger partial charge in [-0.25, -0.2) is 4.39 Å². The van der Waals surface area contributed by atoms with Crippen LogP contribution in [0.25, 0.3) is 0 Å². The molecular weight excluding hydrogens is 361 g/mol. The van der Waals surface area contributed by atoms with Crippen LogP contribution >= 0.6 is 31.9 Å². The minimum atomic E-state index is -0.234. The molecule has 4 heteroatoms. The van der Waals surface area contributed by atoms with E-state index in [1.54, 1.807) is 6.07 Å². The lowest BCUT2D eigenvalue weighted by Crippen LogP contribution is -2.01. The Balaban J connectivity index is 2.11. The molecule has 0 atom stereocenters. The molecule has 0 heterocycles. The number of hydrogen-bond donors (Lipinski definition) is 1. The predicted octanol–water partition coefficient (Wildman–Crippen LogP) is 5.27. The fourth-order valence-corrected chi connectivity index (χ4v) is 2.74. The van der Waals surface area contributed by atoms with Gasteiger partial charge in [0.05, 0.1) is 0 Å². The van der Waals surface area contributed by atoms with Gasteiger partial charge < -0.3 is 5.32 Å². The van der Waals surface area contributed by atoms with Crippen LogP contribution in [0, 0.1) is 12.7 Å². The Hall–Kier alpha value is -0.870. The van der Waals surface area contributed by atoms with E-state index >= 15 is 0 Å². The Morgan fingerprint density at radius 1 is 1.06 bits per heavy atom. The largest absolute Gasteiger partial charge is 0.380 e. The molecule has 0 amide bonds. The molecule has 1 N–H and O–H groups in total. The van der Waals surface area contributed by atoms with Crippen molar-refractivity contribution < 1.29 is 4.39 Å². The standard InChI is InChI=1S/C14H12Br2FN/c1-9-2-5-14(13(16)6-9)18-8-10-3-4-11(17)7-12(10)15/h2-7,18H,8H2,1H3. The molecule has 1 nitrogen and oxygen atoms in total. The van der Waals surface area contributed by atoms with Gasteiger partial charge in [0.25, 0.3) is 0 Å². The molecule has 0 saturated heterocycles. The van der Waals surface area contributed by atoms with E-state index in [4.69, 9.17) is 0 Å². The predicted molar refractivity (Wildman–Crippen MR) is 80.3 cm³/mol. The van der Waals surface area contributed by atoms with E-state index in [1.165, 1.54) is 17.7 Å². The smallest absolute Gasteiger partial charge is 0.124 e. The van der Waals surface area contributed by atoms with Crippen molar-refractivity contribution in [1.29, 1.82) is 0 Å². The van der Waals surface area contributed by atoms with Gasteiger partial charge in [-0.05, 0) is 58.2 Å². The summed E-state index contributed by atoms with van der Waals surface area (Å²) in [6, 6.07) is 10.8. The highest BCUT2D eigenvalue weighted by Gasteiger charge is 2.03. The number of benzene rings is 2. The molecule has 0 bridgehead atoms. The van der Waals surface area contributed by atoms with Crippen LogP contribution in [-0.4, -0.2) is 0 Å². The van der Waals surface area contributed by atoms with Gasteiger partial charge in [0.15, 0.2) is 0 Å². The summed E-state index contributed by atoms with van der Waals surface area (Å²) in [7, 11) is 0. The molecule has 94 valence electrons. The van der Waals surface area contributed by atoms with Crippen molar-refractivity contribution in [2.24, 2.45) is 0 Å². The van der Waals surface area contributed by atoms with E-state index < -0.39 is 0 Å². The zero-order valence-electron chi connectivity index (χ0n) is 9.81. The summed E-state index contributed by atoms with van der Waals surface area (Å²) in [5, 5.41) is 3.32. The van der Waals surface area contributed by atoms with Gasteiger partial charge in [-0.1, -0.05) is 28.1 Å². The van der Waals surface area contributed by atoms with Crippen LogP contribution in [0.1, 0.15) is 11.1 Å². The molecule has 0 unspecified atom stereocenters. The second-order valence-electron chi connectivity index (χ2n) is 4.07. The molecule has 2 rings (SSSR count). The summed E-state index contributed by atoms with van der Waals surface area (Å²) in [6.07, 6.45) is 0. The summed E-state index contributed by atoms with van der Waals surface area (Å²) in [4.78, 5) is 0. The van der Waals surface area contributed by atoms with E-state index in [2.05, 4.69) is 43.2 Å². The maximum absolute atomic E-state index is 13.0. The molecule has 0 fully saturated rings. The normalized spacial score (nSPS) is 10.4. The van der Waals surface area contributed by atoms with E-state index in [-0.39, 0.29) is 5.82 Å². The molecule has 0 saturated carbocycles. The lowest BCUT2D eigenvalue weighted by molar-refractivity contribution is 0.626. The maximum atomic E-state index is 13.0. The number of aryl methyl sites for hydroxylation is 1. The first-order chi connectivity index (χ1) is 8.56. The lowest BCUT2D eigenvalue weighted by atomic mass is 10.2. The van der Waals surface area contributed by atoms with Crippen LogP contribution in [0.2, 0.25) is 0 Å². The number of hydrogen-bond acceptors (Lipinski definition) is 1. The topological polar surface area (TPSA) is 12.0 Å². The highest BCUT2D eigenvalue weighted by atomic mass is 79.9. The van der Waals surface area contributed by atoms with Gasteiger partial charge in [0.2, 0.25) is 0 Å². The number of nitrogens with one attached hydrogen (secondary N) is 1. The summed E-state index contributed by atoms with van der Waals surface area (Å²) >= 11 is 6.88. The molecule has 0 aliphatic heterocycles. The van der Waals surface area contributed by atoms with Crippen molar-refractivity contribution in [1.82, 2.24) is 0 Å². The first-order valence-electron chi connectivity index (χ1n) is 5.50. The highest BCUT2D eigenvalue weighted by Crippen LogP contribution is 2.25. The van der Waals surface area contributed by atoms with Crippen LogP contribution in [0.4, 0.5) is 10.1 Å². The van der Waals surface area contributed by atoms with Gasteiger partial charge in [-0.2, -0.15) is 0 Å². The molecule has 0 aliphatic carbocycles. The van der Waals surface area contributed by atoms with E-state index in [9.17, 15) is 4.39 Å². The molecular formula is C14H12Br2FN. The summed E-state index contributed by atoms with van der Waals surface area (Å²) in [5.74, 6) is -0.234. The van der Waals surface area contributed by atoms with E-state index in [0.717, 1.165) is 20.2 Å². The monoisotopic (exact) mass is 371 g/mol. The van der Waals surface area contributed by atoms with Crippen molar-refractivity contribution in [3.8, 4) is 0 Å². The third-order valence-corrected chi connectivity index (χ3v) is 4.00. The van der Waals surface area contributed by atoms with Crippen LogP contribution in [-0.2, 0) is 6.54 Å². The SMILES string of the molecule is Cc1ccc(NCc2ccc(F)cc2Br)c(Br)c1. The first kappa shape index (κ1) is 13.6. The fraction of sp³-hybridized carbons (Fsp3) is 0.143. The zero-order valence-corrected chi connectivity index (χ0v) is 13.0. The van der Waals surface area contributed by atoms with E-state index in [1.807, 2.05) is 19.1 Å². The Bertz CT molecular complexity index is 518. The molecule has 2 aromatic carbocycles. The summed E-state index contributed by atoms with van der Waals surface area (Å²) in [5.41, 5.74) is 3.25. The minimum Gasteiger partial charge on any atom is -0.380 e. The number of rotatable bonds is 3. The van der Waals surface area contributed by atoms with Crippen molar-refractivity contribution in [3.05, 3.63) is 62.3 Å². The molecule has 18 heavy (non-hydrogen) atoms. The van der Waals surface area contributed by atoms with Crippen LogP contribution in [0.15, 0.2) is 45.3 Å². The third kappa shape index (κ3) is 3.33. The van der Waals surface area contributed by atoms with Crippen LogP contribution in [0.5, 0.6) is 0 Å². The maximum Gasteiger partial charge on any atom is 0.124 e. The second kappa shape index (κ2) is 5.85. The Morgan fingerprint density at radius 3 is 2.50 bits per heavy atom. The molecule has 0 spiro atoms. The van der Waals surface area contributed by atoms with Crippen molar-refractivity contribution in [2.75, 3.05) is 5.32 Å². The third-order valence-electron chi connectivity index (χ3n) is 2.61. The Labute approximate surface area is 123 Å². The molecule has 2 aromatic rings. The first-order valence-corrected chi connectivity index (χ1v) is 7.09.